The molecule has 1 fully saturated rings. The van der Waals surface area contributed by atoms with Crippen LogP contribution in [0.4, 0.5) is 0 Å². The smallest absolute Gasteiger partial charge is 0.276 e. The molecule has 0 aliphatic carbocycles. The molecule has 1 N–H and O–H groups in total. The average Bonchev–Trinajstić information content (AvgIpc) is 3.07. The van der Waals surface area contributed by atoms with Crippen LogP contribution in [-0.4, -0.2) is 35.3 Å². The van der Waals surface area contributed by atoms with Gasteiger partial charge in [-0.2, -0.15) is 0 Å². The first-order chi connectivity index (χ1) is 15.6. The Morgan fingerprint density at radius 2 is 1.19 bits per heavy atom. The Hall–Kier alpha value is -2.25. The first kappa shape index (κ1) is 22.9. The van der Waals surface area contributed by atoms with Gasteiger partial charge in [-0.3, -0.25) is 0 Å². The molecule has 0 bridgehead atoms. The highest BCUT2D eigenvalue weighted by atomic mass is 35.5. The number of hydrogen-bond acceptors (Lipinski definition) is 5. The van der Waals surface area contributed by atoms with Gasteiger partial charge >= 0.3 is 0 Å². The molecule has 168 valence electrons. The van der Waals surface area contributed by atoms with Crippen molar-refractivity contribution in [1.29, 1.82) is 0 Å². The van der Waals surface area contributed by atoms with E-state index < -0.39 is 23.6 Å². The molecule has 0 saturated carbocycles. The van der Waals surface area contributed by atoms with Crippen molar-refractivity contribution in [2.24, 2.45) is 0 Å². The number of rotatable bonds is 10. The van der Waals surface area contributed by atoms with Crippen LogP contribution in [0, 0.1) is 0 Å². The summed E-state index contributed by atoms with van der Waals surface area (Å²) in [5.41, 5.74) is 3.01. The highest BCUT2D eigenvalue weighted by molar-refractivity contribution is 6.22. The maximum absolute atomic E-state index is 10.8. The van der Waals surface area contributed by atoms with E-state index in [0.29, 0.717) is 13.2 Å². The summed E-state index contributed by atoms with van der Waals surface area (Å²) in [4.78, 5) is 0. The van der Waals surface area contributed by atoms with E-state index >= 15 is 0 Å². The van der Waals surface area contributed by atoms with Crippen molar-refractivity contribution < 1.29 is 24.1 Å². The second kappa shape index (κ2) is 11.1. The van der Waals surface area contributed by atoms with Crippen molar-refractivity contribution in [2.75, 3.05) is 6.61 Å². The Balaban J connectivity index is 1.44. The van der Waals surface area contributed by atoms with Crippen LogP contribution in [-0.2, 0) is 38.8 Å². The molecule has 1 saturated heterocycles. The number of aliphatic hydroxyl groups is 1. The van der Waals surface area contributed by atoms with E-state index in [0.717, 1.165) is 16.7 Å². The van der Waals surface area contributed by atoms with E-state index in [1.807, 2.05) is 91.0 Å². The minimum absolute atomic E-state index is 0.203. The topological polar surface area (TPSA) is 57.2 Å². The van der Waals surface area contributed by atoms with Crippen LogP contribution in [0.3, 0.4) is 0 Å². The summed E-state index contributed by atoms with van der Waals surface area (Å²) < 4.78 is 23.8. The van der Waals surface area contributed by atoms with Gasteiger partial charge in [0.05, 0.1) is 26.4 Å². The van der Waals surface area contributed by atoms with Gasteiger partial charge in [-0.05, 0) is 16.7 Å². The predicted molar refractivity (Wildman–Crippen MR) is 122 cm³/mol. The minimum Gasteiger partial charge on any atom is -0.374 e. The molecule has 1 aliphatic heterocycles. The Labute approximate surface area is 193 Å². The lowest BCUT2D eigenvalue weighted by Crippen LogP contribution is -2.42. The van der Waals surface area contributed by atoms with Gasteiger partial charge in [-0.25, -0.2) is 0 Å². The van der Waals surface area contributed by atoms with E-state index in [-0.39, 0.29) is 13.2 Å². The lowest BCUT2D eigenvalue weighted by atomic mass is 10.1. The Morgan fingerprint density at radius 1 is 0.719 bits per heavy atom. The molecule has 0 aromatic heterocycles. The maximum Gasteiger partial charge on any atom is 0.276 e. The highest BCUT2D eigenvalue weighted by Gasteiger charge is 2.55. The van der Waals surface area contributed by atoms with Gasteiger partial charge in [-0.1, -0.05) is 103 Å². The molecule has 5 nitrogen and oxygen atoms in total. The fourth-order valence-corrected chi connectivity index (χ4v) is 3.96. The van der Waals surface area contributed by atoms with Gasteiger partial charge < -0.3 is 24.1 Å². The lowest BCUT2D eigenvalue weighted by Gasteiger charge is -2.26. The number of halogens is 1. The normalized spacial score (nSPS) is 25.1. The monoisotopic (exact) mass is 454 g/mol. The Bertz CT molecular complexity index is 936. The van der Waals surface area contributed by atoms with Crippen LogP contribution in [0.25, 0.3) is 0 Å². The number of benzene rings is 3. The van der Waals surface area contributed by atoms with Gasteiger partial charge in [0.1, 0.15) is 12.2 Å². The predicted octanol–water partition coefficient (Wildman–Crippen LogP) is 4.66. The molecule has 1 aliphatic rings. The molecule has 3 aromatic rings. The van der Waals surface area contributed by atoms with Crippen molar-refractivity contribution in [1.82, 2.24) is 0 Å². The van der Waals surface area contributed by atoms with Crippen LogP contribution in [0.5, 0.6) is 0 Å². The number of hydrogen-bond donors (Lipinski definition) is 1. The van der Waals surface area contributed by atoms with Gasteiger partial charge in [0.25, 0.3) is 5.25 Å². The third kappa shape index (κ3) is 6.17. The zero-order chi connectivity index (χ0) is 22.2. The van der Waals surface area contributed by atoms with E-state index in [2.05, 4.69) is 0 Å². The molecule has 0 amide bonds. The third-order valence-corrected chi connectivity index (χ3v) is 5.59. The largest absolute Gasteiger partial charge is 0.374 e. The second-order valence-electron chi connectivity index (χ2n) is 7.74. The molecular weight excluding hydrogens is 428 g/mol. The molecule has 0 unspecified atom stereocenters. The average molecular weight is 455 g/mol. The Morgan fingerprint density at radius 3 is 1.72 bits per heavy atom. The first-order valence-corrected chi connectivity index (χ1v) is 11.0. The van der Waals surface area contributed by atoms with Crippen molar-refractivity contribution in [3.8, 4) is 0 Å². The van der Waals surface area contributed by atoms with E-state index in [1.165, 1.54) is 0 Å². The fraction of sp³-hybridized carbons (Fsp3) is 0.308. The Kier molecular flexibility index (Phi) is 7.92. The first-order valence-electron chi connectivity index (χ1n) is 10.6. The molecular formula is C26H27ClO5. The molecule has 6 heteroatoms. The third-order valence-electron chi connectivity index (χ3n) is 5.28. The van der Waals surface area contributed by atoms with Crippen molar-refractivity contribution in [3.05, 3.63) is 108 Å². The molecule has 32 heavy (non-hydrogen) atoms. The van der Waals surface area contributed by atoms with Gasteiger partial charge in [0.2, 0.25) is 0 Å². The molecule has 0 spiro atoms. The van der Waals surface area contributed by atoms with E-state index in [9.17, 15) is 5.11 Å². The van der Waals surface area contributed by atoms with Gasteiger partial charge in [0, 0.05) is 0 Å². The van der Waals surface area contributed by atoms with Gasteiger partial charge in [0.15, 0.2) is 6.10 Å². The summed E-state index contributed by atoms with van der Waals surface area (Å²) in [7, 11) is 0. The SMILES string of the molecule is O[C@@]1(Cl)O[C@H](COCc2ccccc2)[C@@H](OCc2ccccc2)[C@@H]1OCc1ccccc1. The quantitative estimate of drug-likeness (QED) is 0.451. The van der Waals surface area contributed by atoms with Crippen LogP contribution in [0.15, 0.2) is 91.0 Å². The molecule has 0 radical (unpaired) electrons. The van der Waals surface area contributed by atoms with E-state index in [4.69, 9.17) is 30.5 Å². The number of alkyl halides is 1. The van der Waals surface area contributed by atoms with Crippen molar-refractivity contribution >= 4 is 11.6 Å². The summed E-state index contributed by atoms with van der Waals surface area (Å²) >= 11 is 6.34. The standard InChI is InChI=1S/C26H27ClO5/c27-26(28)25(31-18-22-14-8-3-9-15-22)24(30-17-21-12-6-2-7-13-21)23(32-26)19-29-16-20-10-4-1-5-11-20/h1-15,23-25,28H,16-19H2/t23-,24-,25+,26-/m1/s1. The second-order valence-corrected chi connectivity index (χ2v) is 8.29. The van der Waals surface area contributed by atoms with Crippen LogP contribution >= 0.6 is 11.6 Å². The summed E-state index contributed by atoms with van der Waals surface area (Å²) in [6, 6.07) is 29.3. The zero-order valence-electron chi connectivity index (χ0n) is 17.7. The summed E-state index contributed by atoms with van der Waals surface area (Å²) in [6.07, 6.45) is -2.10. The van der Waals surface area contributed by atoms with Crippen molar-refractivity contribution in [3.63, 3.8) is 0 Å². The maximum atomic E-state index is 10.8. The lowest BCUT2D eigenvalue weighted by molar-refractivity contribution is -0.186. The van der Waals surface area contributed by atoms with Gasteiger partial charge in [-0.15, -0.1) is 0 Å². The van der Waals surface area contributed by atoms with Crippen LogP contribution in [0.1, 0.15) is 16.7 Å². The van der Waals surface area contributed by atoms with Crippen LogP contribution in [0.2, 0.25) is 0 Å². The summed E-state index contributed by atoms with van der Waals surface area (Å²) in [5, 5.41) is 8.75. The molecule has 4 rings (SSSR count). The fourth-order valence-electron chi connectivity index (χ4n) is 3.66. The molecule has 4 atom stereocenters. The zero-order valence-corrected chi connectivity index (χ0v) is 18.4. The summed E-state index contributed by atoms with van der Waals surface area (Å²) in [6.45, 7) is 1.23. The van der Waals surface area contributed by atoms with Crippen molar-refractivity contribution in [2.45, 2.75) is 43.4 Å². The van der Waals surface area contributed by atoms with Crippen LogP contribution < -0.4 is 0 Å². The molecule has 1 heterocycles. The number of ether oxygens (including phenoxy) is 4. The summed E-state index contributed by atoms with van der Waals surface area (Å²) in [5.74, 6) is 0. The van der Waals surface area contributed by atoms with E-state index in [1.54, 1.807) is 0 Å². The molecule has 3 aromatic carbocycles. The highest BCUT2D eigenvalue weighted by Crippen LogP contribution is 2.37. The minimum atomic E-state index is -2.02.